The van der Waals surface area contributed by atoms with E-state index in [0.717, 1.165) is 18.5 Å². The van der Waals surface area contributed by atoms with Gasteiger partial charge in [-0.25, -0.2) is 4.79 Å². The minimum absolute atomic E-state index is 0.0388. The van der Waals surface area contributed by atoms with Gasteiger partial charge in [0.25, 0.3) is 0 Å². The lowest BCUT2D eigenvalue weighted by atomic mass is 9.85. The van der Waals surface area contributed by atoms with Crippen molar-refractivity contribution < 1.29 is 9.90 Å². The summed E-state index contributed by atoms with van der Waals surface area (Å²) in [5.74, 6) is 0.231. The van der Waals surface area contributed by atoms with E-state index in [9.17, 15) is 4.79 Å². The zero-order valence-corrected chi connectivity index (χ0v) is 12.2. The van der Waals surface area contributed by atoms with E-state index < -0.39 is 0 Å². The SMILES string of the molecule is CC(C)(CNC(=O)N1CCC(CO)C1)c1ccncc1. The van der Waals surface area contributed by atoms with Crippen molar-refractivity contribution in [2.24, 2.45) is 5.92 Å². The predicted octanol–water partition coefficient (Wildman–Crippen LogP) is 1.38. The molecule has 2 rings (SSSR count). The van der Waals surface area contributed by atoms with Crippen molar-refractivity contribution in [2.75, 3.05) is 26.2 Å². The number of carbonyl (C=O) groups is 1. The summed E-state index contributed by atoms with van der Waals surface area (Å²) in [5.41, 5.74) is 1.02. The molecule has 1 aliphatic heterocycles. The number of urea groups is 1. The Hall–Kier alpha value is -1.62. The maximum Gasteiger partial charge on any atom is 0.317 e. The van der Waals surface area contributed by atoms with Crippen LogP contribution in [0.1, 0.15) is 25.8 Å². The van der Waals surface area contributed by atoms with Gasteiger partial charge in [0.2, 0.25) is 0 Å². The summed E-state index contributed by atoms with van der Waals surface area (Å²) in [7, 11) is 0. The van der Waals surface area contributed by atoms with Crippen LogP contribution >= 0.6 is 0 Å². The van der Waals surface area contributed by atoms with Gasteiger partial charge in [-0.3, -0.25) is 4.98 Å². The molecule has 5 nitrogen and oxygen atoms in total. The first-order valence-corrected chi connectivity index (χ1v) is 7.07. The van der Waals surface area contributed by atoms with Crippen LogP contribution in [0.3, 0.4) is 0 Å². The second-order valence-electron chi connectivity index (χ2n) is 6.06. The normalized spacial score (nSPS) is 19.1. The van der Waals surface area contributed by atoms with Crippen molar-refractivity contribution in [2.45, 2.75) is 25.7 Å². The first-order valence-electron chi connectivity index (χ1n) is 7.07. The summed E-state index contributed by atoms with van der Waals surface area (Å²) in [4.78, 5) is 17.9. The average Bonchev–Trinajstić information content (AvgIpc) is 2.95. The van der Waals surface area contributed by atoms with Crippen molar-refractivity contribution in [3.05, 3.63) is 30.1 Å². The fourth-order valence-corrected chi connectivity index (χ4v) is 2.48. The van der Waals surface area contributed by atoms with Crippen molar-refractivity contribution in [3.63, 3.8) is 0 Å². The summed E-state index contributed by atoms with van der Waals surface area (Å²) in [5, 5.41) is 12.1. The summed E-state index contributed by atoms with van der Waals surface area (Å²) < 4.78 is 0. The van der Waals surface area contributed by atoms with Crippen LogP contribution in [0.25, 0.3) is 0 Å². The molecule has 1 atom stereocenters. The molecule has 1 unspecified atom stereocenters. The number of amides is 2. The van der Waals surface area contributed by atoms with Crippen molar-refractivity contribution >= 4 is 6.03 Å². The third-order valence-corrected chi connectivity index (χ3v) is 3.97. The number of aromatic nitrogens is 1. The number of rotatable bonds is 4. The lowest BCUT2D eigenvalue weighted by molar-refractivity contribution is 0.196. The van der Waals surface area contributed by atoms with Gasteiger partial charge in [-0.05, 0) is 24.1 Å². The molecule has 20 heavy (non-hydrogen) atoms. The number of nitrogens with one attached hydrogen (secondary N) is 1. The van der Waals surface area contributed by atoms with Gasteiger partial charge in [0.05, 0.1) is 0 Å². The lowest BCUT2D eigenvalue weighted by Crippen LogP contribution is -2.44. The van der Waals surface area contributed by atoms with Crippen LogP contribution in [0.2, 0.25) is 0 Å². The minimum atomic E-state index is -0.130. The molecular formula is C15H23N3O2. The van der Waals surface area contributed by atoms with E-state index in [1.807, 2.05) is 12.1 Å². The van der Waals surface area contributed by atoms with Gasteiger partial charge in [0, 0.05) is 50.0 Å². The zero-order valence-electron chi connectivity index (χ0n) is 12.2. The molecular weight excluding hydrogens is 254 g/mol. The first-order chi connectivity index (χ1) is 9.53. The molecule has 2 amide bonds. The van der Waals surface area contributed by atoms with Crippen LogP contribution in [0, 0.1) is 5.92 Å². The number of hydrogen-bond acceptors (Lipinski definition) is 3. The Balaban J connectivity index is 1.87. The number of aliphatic hydroxyl groups excluding tert-OH is 1. The van der Waals surface area contributed by atoms with E-state index in [1.54, 1.807) is 17.3 Å². The Kier molecular flexibility index (Phi) is 4.60. The topological polar surface area (TPSA) is 65.5 Å². The van der Waals surface area contributed by atoms with Gasteiger partial charge < -0.3 is 15.3 Å². The molecule has 1 aromatic heterocycles. The average molecular weight is 277 g/mol. The number of carbonyl (C=O) groups excluding carboxylic acids is 1. The Morgan fingerprint density at radius 2 is 2.20 bits per heavy atom. The quantitative estimate of drug-likeness (QED) is 0.874. The molecule has 0 saturated carbocycles. The summed E-state index contributed by atoms with van der Waals surface area (Å²) in [6.07, 6.45) is 4.42. The van der Waals surface area contributed by atoms with Crippen LogP contribution in [0.4, 0.5) is 4.79 Å². The monoisotopic (exact) mass is 277 g/mol. The maximum absolute atomic E-state index is 12.1. The standard InChI is InChI=1S/C15H23N3O2/c1-15(2,13-3-6-16-7-4-13)11-17-14(20)18-8-5-12(9-18)10-19/h3-4,6-7,12,19H,5,8-11H2,1-2H3,(H,17,20). The zero-order chi connectivity index (χ0) is 14.6. The van der Waals surface area contributed by atoms with Gasteiger partial charge in [0.1, 0.15) is 0 Å². The fourth-order valence-electron chi connectivity index (χ4n) is 2.48. The highest BCUT2D eigenvalue weighted by Gasteiger charge is 2.27. The third-order valence-electron chi connectivity index (χ3n) is 3.97. The van der Waals surface area contributed by atoms with Crippen LogP contribution in [0.15, 0.2) is 24.5 Å². The third kappa shape index (κ3) is 3.48. The van der Waals surface area contributed by atoms with Gasteiger partial charge in [-0.1, -0.05) is 13.8 Å². The summed E-state index contributed by atoms with van der Waals surface area (Å²) >= 11 is 0. The molecule has 2 N–H and O–H groups in total. The molecule has 0 radical (unpaired) electrons. The summed E-state index contributed by atoms with van der Waals surface area (Å²) in [6.45, 7) is 6.32. The first kappa shape index (κ1) is 14.8. The summed E-state index contributed by atoms with van der Waals surface area (Å²) in [6, 6.07) is 3.91. The molecule has 0 spiro atoms. The highest BCUT2D eigenvalue weighted by molar-refractivity contribution is 5.74. The Morgan fingerprint density at radius 3 is 2.80 bits per heavy atom. The molecule has 0 aliphatic carbocycles. The highest BCUT2D eigenvalue weighted by atomic mass is 16.3. The van der Waals surface area contributed by atoms with E-state index in [0.29, 0.717) is 13.1 Å². The van der Waals surface area contributed by atoms with Crippen LogP contribution in [-0.2, 0) is 5.41 Å². The Morgan fingerprint density at radius 1 is 1.50 bits per heavy atom. The largest absolute Gasteiger partial charge is 0.396 e. The Bertz CT molecular complexity index is 448. The molecule has 110 valence electrons. The highest BCUT2D eigenvalue weighted by Crippen LogP contribution is 2.21. The van der Waals surface area contributed by atoms with E-state index in [2.05, 4.69) is 24.1 Å². The van der Waals surface area contributed by atoms with E-state index in [-0.39, 0.29) is 24.0 Å². The molecule has 1 fully saturated rings. The lowest BCUT2D eigenvalue weighted by Gasteiger charge is -2.27. The smallest absolute Gasteiger partial charge is 0.317 e. The molecule has 1 saturated heterocycles. The van der Waals surface area contributed by atoms with Gasteiger partial charge in [-0.2, -0.15) is 0 Å². The Labute approximate surface area is 120 Å². The van der Waals surface area contributed by atoms with E-state index >= 15 is 0 Å². The van der Waals surface area contributed by atoms with Crippen molar-refractivity contribution in [1.29, 1.82) is 0 Å². The van der Waals surface area contributed by atoms with Gasteiger partial charge >= 0.3 is 6.03 Å². The fraction of sp³-hybridized carbons (Fsp3) is 0.600. The maximum atomic E-state index is 12.1. The second kappa shape index (κ2) is 6.22. The molecule has 1 aliphatic rings. The van der Waals surface area contributed by atoms with Crippen LogP contribution in [-0.4, -0.2) is 47.3 Å². The van der Waals surface area contributed by atoms with Gasteiger partial charge in [-0.15, -0.1) is 0 Å². The number of likely N-dealkylation sites (tertiary alicyclic amines) is 1. The van der Waals surface area contributed by atoms with E-state index in [1.165, 1.54) is 0 Å². The van der Waals surface area contributed by atoms with Crippen LogP contribution < -0.4 is 5.32 Å². The molecule has 1 aromatic rings. The van der Waals surface area contributed by atoms with Crippen molar-refractivity contribution in [1.82, 2.24) is 15.2 Å². The second-order valence-corrected chi connectivity index (χ2v) is 6.06. The number of aliphatic hydroxyl groups is 1. The molecule has 0 aromatic carbocycles. The number of hydrogen-bond donors (Lipinski definition) is 2. The van der Waals surface area contributed by atoms with E-state index in [4.69, 9.17) is 5.11 Å². The van der Waals surface area contributed by atoms with Gasteiger partial charge in [0.15, 0.2) is 0 Å². The van der Waals surface area contributed by atoms with Crippen LogP contribution in [0.5, 0.6) is 0 Å². The predicted molar refractivity (Wildman–Crippen MR) is 77.4 cm³/mol. The minimum Gasteiger partial charge on any atom is -0.396 e. The van der Waals surface area contributed by atoms with Crippen molar-refractivity contribution in [3.8, 4) is 0 Å². The number of nitrogens with zero attached hydrogens (tertiary/aromatic N) is 2. The molecule has 0 bridgehead atoms. The number of pyridine rings is 1. The molecule has 5 heteroatoms. The molecule has 2 heterocycles.